The number of hydrogen-bond donors (Lipinski definition) is 3. The Hall–Kier alpha value is -2.08. The third-order valence-electron chi connectivity index (χ3n) is 2.47. The molecule has 1 amide bonds. The van der Waals surface area contributed by atoms with Crippen molar-refractivity contribution < 1.29 is 24.5 Å². The summed E-state index contributed by atoms with van der Waals surface area (Å²) < 4.78 is 5.35. The van der Waals surface area contributed by atoms with E-state index in [4.69, 9.17) is 9.84 Å². The van der Waals surface area contributed by atoms with Gasteiger partial charge in [0, 0.05) is 0 Å². The second-order valence-electron chi connectivity index (χ2n) is 4.14. The largest absolute Gasteiger partial charge is 0.481 e. The topological polar surface area (TPSA) is 95.9 Å². The first-order valence-electron chi connectivity index (χ1n) is 5.84. The molecule has 0 aliphatic rings. The SMILES string of the molecule is CC(Oc1ccccc1)C(=O)N[C@H](C(=O)O)[C@@H](C)O. The number of aliphatic hydroxyl groups is 1. The molecule has 0 aromatic heterocycles. The molecule has 1 rings (SSSR count). The Morgan fingerprint density at radius 2 is 1.79 bits per heavy atom. The van der Waals surface area contributed by atoms with E-state index in [1.165, 1.54) is 13.8 Å². The number of nitrogens with one attached hydrogen (secondary N) is 1. The minimum Gasteiger partial charge on any atom is -0.481 e. The second-order valence-corrected chi connectivity index (χ2v) is 4.14. The van der Waals surface area contributed by atoms with E-state index in [0.717, 1.165) is 0 Å². The van der Waals surface area contributed by atoms with E-state index in [0.29, 0.717) is 5.75 Å². The maximum Gasteiger partial charge on any atom is 0.328 e. The number of aliphatic hydroxyl groups excluding tert-OH is 1. The summed E-state index contributed by atoms with van der Waals surface area (Å²) in [4.78, 5) is 22.6. The number of carboxylic acid groups (broad SMARTS) is 1. The molecule has 0 aliphatic heterocycles. The molecule has 1 aromatic carbocycles. The molecule has 1 unspecified atom stereocenters. The lowest BCUT2D eigenvalue weighted by molar-refractivity contribution is -0.145. The van der Waals surface area contributed by atoms with E-state index < -0.39 is 30.1 Å². The van der Waals surface area contributed by atoms with E-state index in [1.807, 2.05) is 6.07 Å². The molecule has 3 atom stereocenters. The van der Waals surface area contributed by atoms with Gasteiger partial charge in [-0.15, -0.1) is 0 Å². The molecule has 0 heterocycles. The molecule has 104 valence electrons. The number of benzene rings is 1. The van der Waals surface area contributed by atoms with Crippen LogP contribution >= 0.6 is 0 Å². The molecule has 0 saturated heterocycles. The van der Waals surface area contributed by atoms with Gasteiger partial charge in [-0.1, -0.05) is 18.2 Å². The van der Waals surface area contributed by atoms with Gasteiger partial charge in [-0.05, 0) is 26.0 Å². The Morgan fingerprint density at radius 1 is 1.21 bits per heavy atom. The van der Waals surface area contributed by atoms with Crippen molar-refractivity contribution in [3.05, 3.63) is 30.3 Å². The van der Waals surface area contributed by atoms with Gasteiger partial charge in [0.05, 0.1) is 6.10 Å². The van der Waals surface area contributed by atoms with Crippen molar-refractivity contribution >= 4 is 11.9 Å². The zero-order valence-electron chi connectivity index (χ0n) is 10.7. The van der Waals surface area contributed by atoms with Gasteiger partial charge in [0.25, 0.3) is 5.91 Å². The second kappa shape index (κ2) is 6.75. The van der Waals surface area contributed by atoms with Gasteiger partial charge in [-0.3, -0.25) is 4.79 Å². The number of carbonyl (C=O) groups is 2. The molecule has 0 spiro atoms. The van der Waals surface area contributed by atoms with Crippen molar-refractivity contribution in [2.75, 3.05) is 0 Å². The first-order chi connectivity index (χ1) is 8.91. The summed E-state index contributed by atoms with van der Waals surface area (Å²) in [6, 6.07) is 7.35. The van der Waals surface area contributed by atoms with Crippen LogP contribution in [-0.2, 0) is 9.59 Å². The number of aliphatic carboxylic acids is 1. The minimum atomic E-state index is -1.35. The molecular weight excluding hydrogens is 250 g/mol. The number of rotatable bonds is 6. The van der Waals surface area contributed by atoms with E-state index in [1.54, 1.807) is 24.3 Å². The van der Waals surface area contributed by atoms with Crippen LogP contribution in [0.1, 0.15) is 13.8 Å². The fraction of sp³-hybridized carbons (Fsp3) is 0.385. The summed E-state index contributed by atoms with van der Waals surface area (Å²) >= 11 is 0. The number of carboxylic acids is 1. The number of ether oxygens (including phenoxy) is 1. The fourth-order valence-electron chi connectivity index (χ4n) is 1.42. The lowest BCUT2D eigenvalue weighted by atomic mass is 10.2. The van der Waals surface area contributed by atoms with Crippen molar-refractivity contribution in [2.24, 2.45) is 0 Å². The molecule has 6 nitrogen and oxygen atoms in total. The maximum absolute atomic E-state index is 11.8. The highest BCUT2D eigenvalue weighted by Gasteiger charge is 2.27. The Kier molecular flexibility index (Phi) is 5.32. The zero-order chi connectivity index (χ0) is 14.4. The first-order valence-corrected chi connectivity index (χ1v) is 5.84. The average molecular weight is 267 g/mol. The standard InChI is InChI=1S/C13H17NO5/c1-8(15)11(13(17)18)14-12(16)9(2)19-10-6-4-3-5-7-10/h3-9,11,15H,1-2H3,(H,14,16)(H,17,18)/t8-,9?,11+/m1/s1. The van der Waals surface area contributed by atoms with Crippen LogP contribution in [0.25, 0.3) is 0 Å². The van der Waals surface area contributed by atoms with Gasteiger partial charge in [-0.2, -0.15) is 0 Å². The predicted octanol–water partition coefficient (Wildman–Crippen LogP) is 0.404. The first kappa shape index (κ1) is 15.0. The highest BCUT2D eigenvalue weighted by molar-refractivity contribution is 5.86. The van der Waals surface area contributed by atoms with Gasteiger partial charge in [0.2, 0.25) is 0 Å². The summed E-state index contributed by atoms with van der Waals surface area (Å²) in [5.74, 6) is -1.39. The quantitative estimate of drug-likeness (QED) is 0.693. The summed E-state index contributed by atoms with van der Waals surface area (Å²) in [6.07, 6.45) is -2.05. The van der Waals surface area contributed by atoms with Crippen molar-refractivity contribution in [1.29, 1.82) is 0 Å². The van der Waals surface area contributed by atoms with E-state index >= 15 is 0 Å². The normalized spacial score (nSPS) is 15.1. The number of amides is 1. The molecule has 3 N–H and O–H groups in total. The van der Waals surface area contributed by atoms with Crippen LogP contribution in [0.15, 0.2) is 30.3 Å². The molecule has 19 heavy (non-hydrogen) atoms. The van der Waals surface area contributed by atoms with E-state index in [9.17, 15) is 14.7 Å². The van der Waals surface area contributed by atoms with Crippen molar-refractivity contribution in [3.8, 4) is 5.75 Å². The van der Waals surface area contributed by atoms with Crippen LogP contribution in [0.2, 0.25) is 0 Å². The van der Waals surface area contributed by atoms with Crippen molar-refractivity contribution in [3.63, 3.8) is 0 Å². The lowest BCUT2D eigenvalue weighted by Gasteiger charge is -2.20. The van der Waals surface area contributed by atoms with Gasteiger partial charge in [0.15, 0.2) is 12.1 Å². The van der Waals surface area contributed by atoms with Crippen molar-refractivity contribution in [2.45, 2.75) is 32.1 Å². The third-order valence-corrected chi connectivity index (χ3v) is 2.47. The summed E-state index contributed by atoms with van der Waals surface area (Å²) in [6.45, 7) is 2.80. The zero-order valence-corrected chi connectivity index (χ0v) is 10.7. The molecule has 1 aromatic rings. The van der Waals surface area contributed by atoms with Crippen LogP contribution in [0, 0.1) is 0 Å². The number of carbonyl (C=O) groups excluding carboxylic acids is 1. The number of para-hydroxylation sites is 1. The van der Waals surface area contributed by atoms with Crippen molar-refractivity contribution in [1.82, 2.24) is 5.32 Å². The van der Waals surface area contributed by atoms with Gasteiger partial charge >= 0.3 is 5.97 Å². The van der Waals surface area contributed by atoms with Gasteiger partial charge < -0.3 is 20.3 Å². The molecule has 0 radical (unpaired) electrons. The predicted molar refractivity (Wildman–Crippen MR) is 67.8 cm³/mol. The average Bonchev–Trinajstić information content (AvgIpc) is 2.35. The summed E-state index contributed by atoms with van der Waals surface area (Å²) in [5.41, 5.74) is 0. The molecule has 6 heteroatoms. The molecule has 0 saturated carbocycles. The fourth-order valence-corrected chi connectivity index (χ4v) is 1.42. The smallest absolute Gasteiger partial charge is 0.328 e. The Balaban J connectivity index is 2.60. The molecular formula is C13H17NO5. The minimum absolute atomic E-state index is 0.508. The van der Waals surface area contributed by atoms with Gasteiger partial charge in [0.1, 0.15) is 5.75 Å². The van der Waals surface area contributed by atoms with E-state index in [2.05, 4.69) is 5.32 Å². The monoisotopic (exact) mass is 267 g/mol. The van der Waals surface area contributed by atoms with Crippen LogP contribution in [0.5, 0.6) is 5.75 Å². The Bertz CT molecular complexity index is 432. The van der Waals surface area contributed by atoms with E-state index in [-0.39, 0.29) is 0 Å². The maximum atomic E-state index is 11.8. The third kappa shape index (κ3) is 4.59. The lowest BCUT2D eigenvalue weighted by Crippen LogP contribution is -2.51. The Labute approximate surface area is 111 Å². The van der Waals surface area contributed by atoms with Crippen LogP contribution < -0.4 is 10.1 Å². The summed E-state index contributed by atoms with van der Waals surface area (Å²) in [5, 5.41) is 20.3. The van der Waals surface area contributed by atoms with Crippen LogP contribution in [-0.4, -0.2) is 40.3 Å². The Morgan fingerprint density at radius 3 is 2.26 bits per heavy atom. The highest BCUT2D eigenvalue weighted by Crippen LogP contribution is 2.10. The highest BCUT2D eigenvalue weighted by atomic mass is 16.5. The molecule has 0 fully saturated rings. The van der Waals surface area contributed by atoms with Gasteiger partial charge in [-0.25, -0.2) is 4.79 Å². The number of hydrogen-bond acceptors (Lipinski definition) is 4. The molecule has 0 aliphatic carbocycles. The van der Waals surface area contributed by atoms with Crippen LogP contribution in [0.4, 0.5) is 0 Å². The summed E-state index contributed by atoms with van der Waals surface area (Å²) in [7, 11) is 0. The molecule has 0 bridgehead atoms. The van der Waals surface area contributed by atoms with Crippen LogP contribution in [0.3, 0.4) is 0 Å².